The Morgan fingerprint density at radius 3 is 2.67 bits per heavy atom. The topological polar surface area (TPSA) is 9.23 Å². The van der Waals surface area contributed by atoms with Crippen LogP contribution in [0, 0.1) is 11.3 Å². The van der Waals surface area contributed by atoms with E-state index in [1.165, 1.54) is 31.2 Å². The number of ether oxygens (including phenoxy) is 1. The van der Waals surface area contributed by atoms with Crippen molar-refractivity contribution in [3.05, 3.63) is 29.3 Å². The highest BCUT2D eigenvalue weighted by Gasteiger charge is 2.51. The number of fused-ring (bicyclic) bond motifs is 3. The van der Waals surface area contributed by atoms with E-state index in [1.807, 2.05) is 0 Å². The summed E-state index contributed by atoms with van der Waals surface area (Å²) in [6, 6.07) is 6.71. The molecule has 18 heavy (non-hydrogen) atoms. The molecule has 0 unspecified atom stereocenters. The second-order valence-corrected chi connectivity index (χ2v) is 7.04. The first-order valence-corrected chi connectivity index (χ1v) is 7.15. The minimum absolute atomic E-state index is 0.392. The summed E-state index contributed by atoms with van der Waals surface area (Å²) in [6.07, 6.45) is 5.32. The van der Waals surface area contributed by atoms with Crippen LogP contribution in [0.2, 0.25) is 0 Å². The van der Waals surface area contributed by atoms with Crippen LogP contribution in [0.3, 0.4) is 0 Å². The Bertz CT molecular complexity index is 474. The van der Waals surface area contributed by atoms with Gasteiger partial charge in [-0.3, -0.25) is 0 Å². The fourth-order valence-electron chi connectivity index (χ4n) is 4.59. The van der Waals surface area contributed by atoms with Gasteiger partial charge >= 0.3 is 0 Å². The van der Waals surface area contributed by atoms with E-state index in [9.17, 15) is 0 Å². The maximum absolute atomic E-state index is 5.38. The van der Waals surface area contributed by atoms with E-state index in [-0.39, 0.29) is 0 Å². The minimum Gasteiger partial charge on any atom is -0.497 e. The molecule has 0 spiro atoms. The van der Waals surface area contributed by atoms with Gasteiger partial charge in [-0.2, -0.15) is 0 Å². The molecule has 1 aromatic rings. The molecule has 2 aliphatic rings. The zero-order valence-corrected chi connectivity index (χ0v) is 12.0. The van der Waals surface area contributed by atoms with Gasteiger partial charge in [-0.1, -0.05) is 33.3 Å². The van der Waals surface area contributed by atoms with E-state index < -0.39 is 0 Å². The third-order valence-electron chi connectivity index (χ3n) is 5.58. The van der Waals surface area contributed by atoms with Crippen molar-refractivity contribution in [3.63, 3.8) is 0 Å². The summed E-state index contributed by atoms with van der Waals surface area (Å²) in [5.74, 6) is 1.80. The Hall–Kier alpha value is -0.980. The second kappa shape index (κ2) is 3.76. The van der Waals surface area contributed by atoms with Crippen LogP contribution in [-0.4, -0.2) is 7.11 Å². The average molecular weight is 244 g/mol. The van der Waals surface area contributed by atoms with E-state index >= 15 is 0 Å². The summed E-state index contributed by atoms with van der Waals surface area (Å²) < 4.78 is 5.38. The zero-order valence-electron chi connectivity index (χ0n) is 12.0. The van der Waals surface area contributed by atoms with Crippen LogP contribution in [0.25, 0.3) is 0 Å². The molecular formula is C17H24O. The van der Waals surface area contributed by atoms with Crippen molar-refractivity contribution in [2.24, 2.45) is 11.3 Å². The Morgan fingerprint density at radius 2 is 1.94 bits per heavy atom. The number of hydrogen-bond acceptors (Lipinski definition) is 1. The number of benzene rings is 1. The first kappa shape index (κ1) is 12.1. The van der Waals surface area contributed by atoms with Crippen molar-refractivity contribution >= 4 is 0 Å². The van der Waals surface area contributed by atoms with Crippen molar-refractivity contribution in [2.75, 3.05) is 7.11 Å². The Balaban J connectivity index is 2.08. The minimum atomic E-state index is 0.392. The number of hydrogen-bond donors (Lipinski definition) is 0. The van der Waals surface area contributed by atoms with Gasteiger partial charge in [0.25, 0.3) is 0 Å². The van der Waals surface area contributed by atoms with Crippen LogP contribution >= 0.6 is 0 Å². The van der Waals surface area contributed by atoms with Gasteiger partial charge in [-0.05, 0) is 59.3 Å². The molecule has 0 radical (unpaired) electrons. The molecule has 0 aromatic heterocycles. The predicted octanol–water partition coefficient (Wildman–Crippen LogP) is 4.34. The highest BCUT2D eigenvalue weighted by molar-refractivity contribution is 5.45. The van der Waals surface area contributed by atoms with Gasteiger partial charge < -0.3 is 4.74 Å². The molecule has 2 aliphatic carbocycles. The maximum atomic E-state index is 5.38. The Morgan fingerprint density at radius 1 is 1.17 bits per heavy atom. The largest absolute Gasteiger partial charge is 0.497 e. The van der Waals surface area contributed by atoms with Crippen LogP contribution in [0.15, 0.2) is 18.2 Å². The van der Waals surface area contributed by atoms with Crippen LogP contribution < -0.4 is 4.74 Å². The van der Waals surface area contributed by atoms with Gasteiger partial charge in [0.05, 0.1) is 7.11 Å². The van der Waals surface area contributed by atoms with Crippen molar-refractivity contribution in [1.82, 2.24) is 0 Å². The summed E-state index contributed by atoms with van der Waals surface area (Å²) in [5, 5.41) is 0. The lowest BCUT2D eigenvalue weighted by Crippen LogP contribution is -2.42. The van der Waals surface area contributed by atoms with E-state index in [1.54, 1.807) is 12.7 Å². The van der Waals surface area contributed by atoms with Gasteiger partial charge in [0.15, 0.2) is 0 Å². The lowest BCUT2D eigenvalue weighted by molar-refractivity contribution is 0.0702. The van der Waals surface area contributed by atoms with Gasteiger partial charge in [-0.25, -0.2) is 0 Å². The van der Waals surface area contributed by atoms with E-state index in [0.29, 0.717) is 10.8 Å². The maximum Gasteiger partial charge on any atom is 0.119 e. The molecule has 3 rings (SSSR count). The lowest BCUT2D eigenvalue weighted by Gasteiger charge is -2.47. The Labute approximate surface area is 111 Å². The summed E-state index contributed by atoms with van der Waals surface area (Å²) in [6.45, 7) is 7.40. The highest BCUT2D eigenvalue weighted by atomic mass is 16.5. The molecule has 0 bridgehead atoms. The SMILES string of the molecule is COc1ccc2c(c1)C[C@H]1C(C)(C)CCC[C@@]21C. The average Bonchev–Trinajstić information content (AvgIpc) is 2.63. The van der Waals surface area contributed by atoms with Gasteiger partial charge in [0.2, 0.25) is 0 Å². The monoisotopic (exact) mass is 244 g/mol. The summed E-state index contributed by atoms with van der Waals surface area (Å²) in [4.78, 5) is 0. The van der Waals surface area contributed by atoms with Crippen LogP contribution in [0.1, 0.15) is 51.2 Å². The summed E-state index contributed by atoms with van der Waals surface area (Å²) in [7, 11) is 1.76. The van der Waals surface area contributed by atoms with Gasteiger partial charge in [-0.15, -0.1) is 0 Å². The fraction of sp³-hybridized carbons (Fsp3) is 0.647. The second-order valence-electron chi connectivity index (χ2n) is 7.04. The molecule has 2 atom stereocenters. The first-order valence-electron chi connectivity index (χ1n) is 7.15. The molecule has 1 aromatic carbocycles. The van der Waals surface area contributed by atoms with Crippen molar-refractivity contribution in [3.8, 4) is 5.75 Å². The quantitative estimate of drug-likeness (QED) is 0.714. The van der Waals surface area contributed by atoms with Gasteiger partial charge in [0.1, 0.15) is 5.75 Å². The molecule has 0 aliphatic heterocycles. The van der Waals surface area contributed by atoms with E-state index in [4.69, 9.17) is 4.74 Å². The highest BCUT2D eigenvalue weighted by Crippen LogP contribution is 2.58. The zero-order chi connectivity index (χ0) is 13.0. The molecule has 0 amide bonds. The number of rotatable bonds is 1. The third kappa shape index (κ3) is 1.52. The van der Waals surface area contributed by atoms with Crippen molar-refractivity contribution in [1.29, 1.82) is 0 Å². The molecule has 0 heterocycles. The lowest BCUT2D eigenvalue weighted by atomic mass is 9.57. The standard InChI is InChI=1S/C17H24O/c1-16(2)8-5-9-17(3)14-7-6-13(18-4)10-12(14)11-15(16)17/h6-7,10,15H,5,8-9,11H2,1-4H3/t15-,17-/m0/s1. The molecule has 0 N–H and O–H groups in total. The van der Waals surface area contributed by atoms with Crippen molar-refractivity contribution in [2.45, 2.75) is 51.9 Å². The first-order chi connectivity index (χ1) is 8.47. The molecule has 1 saturated carbocycles. The fourth-order valence-corrected chi connectivity index (χ4v) is 4.59. The summed E-state index contributed by atoms with van der Waals surface area (Å²) >= 11 is 0. The van der Waals surface area contributed by atoms with Crippen LogP contribution in [0.5, 0.6) is 5.75 Å². The molecular weight excluding hydrogens is 220 g/mol. The summed E-state index contributed by atoms with van der Waals surface area (Å²) in [5.41, 5.74) is 3.97. The Kier molecular flexibility index (Phi) is 2.52. The third-order valence-corrected chi connectivity index (χ3v) is 5.58. The molecule has 1 nitrogen and oxygen atoms in total. The van der Waals surface area contributed by atoms with Crippen LogP contribution in [-0.2, 0) is 11.8 Å². The van der Waals surface area contributed by atoms with Gasteiger partial charge in [0, 0.05) is 0 Å². The molecule has 0 saturated heterocycles. The molecule has 1 heteroatoms. The molecule has 98 valence electrons. The van der Waals surface area contributed by atoms with E-state index in [0.717, 1.165) is 11.7 Å². The predicted molar refractivity (Wildman–Crippen MR) is 75.2 cm³/mol. The normalized spacial score (nSPS) is 32.8. The smallest absolute Gasteiger partial charge is 0.119 e. The van der Waals surface area contributed by atoms with Crippen LogP contribution in [0.4, 0.5) is 0 Å². The van der Waals surface area contributed by atoms with Crippen molar-refractivity contribution < 1.29 is 4.74 Å². The molecule has 1 fully saturated rings. The van der Waals surface area contributed by atoms with E-state index in [2.05, 4.69) is 39.0 Å². The number of methoxy groups -OCH3 is 1.